The summed E-state index contributed by atoms with van der Waals surface area (Å²) in [4.78, 5) is 0. The number of benzene rings is 1. The minimum atomic E-state index is -1.71. The van der Waals surface area contributed by atoms with Gasteiger partial charge in [0.2, 0.25) is 0 Å². The molecule has 0 amide bonds. The number of allylic oxidation sites excluding steroid dienone is 1. The highest BCUT2D eigenvalue weighted by Gasteiger charge is 1.87. The van der Waals surface area contributed by atoms with E-state index in [1.54, 1.807) is 6.08 Å². The monoisotopic (exact) mass is 196 g/mol. The first-order valence-corrected chi connectivity index (χ1v) is 5.33. The van der Waals surface area contributed by atoms with Crippen molar-refractivity contribution >= 4 is 11.1 Å². The first-order valence-electron chi connectivity index (χ1n) is 4.05. The fourth-order valence-corrected chi connectivity index (χ4v) is 1.28. The van der Waals surface area contributed by atoms with E-state index in [0.717, 1.165) is 6.42 Å². The lowest BCUT2D eigenvalue weighted by Crippen LogP contribution is -1.89. The highest BCUT2D eigenvalue weighted by Crippen LogP contribution is 1.99. The highest BCUT2D eigenvalue weighted by atomic mass is 32.2. The molecule has 0 spiro atoms. The lowest BCUT2D eigenvalue weighted by Gasteiger charge is -1.93. The van der Waals surface area contributed by atoms with Gasteiger partial charge in [0.15, 0.2) is 11.1 Å². The van der Waals surface area contributed by atoms with Crippen LogP contribution in [-0.4, -0.2) is 14.5 Å². The van der Waals surface area contributed by atoms with Gasteiger partial charge in [0.1, 0.15) is 0 Å². The standard InChI is InChI=1S/C10H12O2S/c11-13(12)9-5-4-8-10-6-2-1-3-7-10/h1-7H,8-9H2,(H,11,12)/b5-4+. The Hall–Kier alpha value is -0.930. The number of hydrogen-bond donors (Lipinski definition) is 1. The molecule has 70 valence electrons. The molecule has 0 fully saturated rings. The molecule has 3 heteroatoms. The van der Waals surface area contributed by atoms with Crippen LogP contribution in [0.2, 0.25) is 0 Å². The van der Waals surface area contributed by atoms with Gasteiger partial charge in [-0.3, -0.25) is 0 Å². The molecule has 0 heterocycles. The summed E-state index contributed by atoms with van der Waals surface area (Å²) in [6.07, 6.45) is 4.45. The van der Waals surface area contributed by atoms with Crippen LogP contribution in [-0.2, 0) is 17.5 Å². The molecular weight excluding hydrogens is 184 g/mol. The maximum Gasteiger partial charge on any atom is 0.156 e. The summed E-state index contributed by atoms with van der Waals surface area (Å²) >= 11 is -1.71. The molecule has 0 aliphatic rings. The summed E-state index contributed by atoms with van der Waals surface area (Å²) in [6.45, 7) is 0. The van der Waals surface area contributed by atoms with Crippen molar-refractivity contribution < 1.29 is 8.76 Å². The molecule has 13 heavy (non-hydrogen) atoms. The van der Waals surface area contributed by atoms with Crippen LogP contribution in [0, 0.1) is 0 Å². The molecule has 2 nitrogen and oxygen atoms in total. The van der Waals surface area contributed by atoms with Gasteiger partial charge in [-0.25, -0.2) is 4.21 Å². The van der Waals surface area contributed by atoms with Gasteiger partial charge < -0.3 is 4.55 Å². The SMILES string of the molecule is O=S(O)C/C=C/Cc1ccccc1. The fourth-order valence-electron chi connectivity index (χ4n) is 0.984. The third-order valence-electron chi connectivity index (χ3n) is 1.60. The highest BCUT2D eigenvalue weighted by molar-refractivity contribution is 7.79. The lowest BCUT2D eigenvalue weighted by molar-refractivity contribution is 0.567. The maximum absolute atomic E-state index is 10.3. The predicted octanol–water partition coefficient (Wildman–Crippen LogP) is 2.01. The number of hydrogen-bond acceptors (Lipinski definition) is 1. The predicted molar refractivity (Wildman–Crippen MR) is 54.9 cm³/mol. The van der Waals surface area contributed by atoms with E-state index in [1.165, 1.54) is 5.56 Å². The van der Waals surface area contributed by atoms with Crippen LogP contribution in [0.3, 0.4) is 0 Å². The van der Waals surface area contributed by atoms with Gasteiger partial charge in [-0.05, 0) is 12.0 Å². The summed E-state index contributed by atoms with van der Waals surface area (Å²) in [5.41, 5.74) is 1.21. The van der Waals surface area contributed by atoms with Crippen molar-refractivity contribution in [3.63, 3.8) is 0 Å². The summed E-state index contributed by atoms with van der Waals surface area (Å²) in [7, 11) is 0. The van der Waals surface area contributed by atoms with E-state index in [9.17, 15) is 4.21 Å². The summed E-state index contributed by atoms with van der Waals surface area (Å²) < 4.78 is 18.7. The van der Waals surface area contributed by atoms with Gasteiger partial charge in [0.25, 0.3) is 0 Å². The third-order valence-corrected chi connectivity index (χ3v) is 2.08. The fraction of sp³-hybridized carbons (Fsp3) is 0.200. The van der Waals surface area contributed by atoms with Crippen LogP contribution >= 0.6 is 0 Å². The molecule has 0 aliphatic carbocycles. The summed E-state index contributed by atoms with van der Waals surface area (Å²) in [5.74, 6) is 0.215. The Balaban J connectivity index is 2.35. The maximum atomic E-state index is 10.3. The van der Waals surface area contributed by atoms with Gasteiger partial charge in [-0.2, -0.15) is 0 Å². The van der Waals surface area contributed by atoms with Crippen LogP contribution in [0.5, 0.6) is 0 Å². The van der Waals surface area contributed by atoms with Gasteiger partial charge in [0, 0.05) is 0 Å². The zero-order valence-electron chi connectivity index (χ0n) is 7.22. The van der Waals surface area contributed by atoms with Crippen molar-refractivity contribution in [2.45, 2.75) is 6.42 Å². The van der Waals surface area contributed by atoms with Crippen molar-refractivity contribution in [2.75, 3.05) is 5.75 Å². The van der Waals surface area contributed by atoms with E-state index in [-0.39, 0.29) is 5.75 Å². The van der Waals surface area contributed by atoms with E-state index in [2.05, 4.69) is 0 Å². The zero-order valence-corrected chi connectivity index (χ0v) is 8.04. The molecule has 0 aliphatic heterocycles. The molecule has 1 unspecified atom stereocenters. The van der Waals surface area contributed by atoms with Crippen molar-refractivity contribution in [3.05, 3.63) is 48.0 Å². The molecule has 1 aromatic rings. The van der Waals surface area contributed by atoms with Gasteiger partial charge in [-0.1, -0.05) is 42.5 Å². The Kier molecular flexibility index (Phi) is 4.43. The van der Waals surface area contributed by atoms with Crippen molar-refractivity contribution in [1.82, 2.24) is 0 Å². The molecule has 1 N–H and O–H groups in total. The third kappa shape index (κ3) is 4.60. The van der Waals surface area contributed by atoms with E-state index in [4.69, 9.17) is 4.55 Å². The Morgan fingerprint density at radius 1 is 1.23 bits per heavy atom. The molecule has 0 saturated carbocycles. The van der Waals surface area contributed by atoms with Crippen LogP contribution in [0.1, 0.15) is 5.56 Å². The van der Waals surface area contributed by atoms with Crippen molar-refractivity contribution in [1.29, 1.82) is 0 Å². The van der Waals surface area contributed by atoms with Crippen molar-refractivity contribution in [3.8, 4) is 0 Å². The minimum absolute atomic E-state index is 0.215. The Morgan fingerprint density at radius 3 is 2.54 bits per heavy atom. The Labute approximate surface area is 80.6 Å². The Bertz CT molecular complexity index is 293. The molecule has 1 rings (SSSR count). The topological polar surface area (TPSA) is 37.3 Å². The molecule has 1 aromatic carbocycles. The van der Waals surface area contributed by atoms with Crippen LogP contribution < -0.4 is 0 Å². The number of rotatable bonds is 4. The summed E-state index contributed by atoms with van der Waals surface area (Å²) in [6, 6.07) is 9.98. The average molecular weight is 196 g/mol. The van der Waals surface area contributed by atoms with Crippen molar-refractivity contribution in [2.24, 2.45) is 0 Å². The molecule has 1 atom stereocenters. The lowest BCUT2D eigenvalue weighted by atomic mass is 10.1. The van der Waals surface area contributed by atoms with E-state index < -0.39 is 11.1 Å². The van der Waals surface area contributed by atoms with Gasteiger partial charge in [0.05, 0.1) is 5.75 Å². The van der Waals surface area contributed by atoms with Crippen LogP contribution in [0.15, 0.2) is 42.5 Å². The van der Waals surface area contributed by atoms with E-state index in [0.29, 0.717) is 0 Å². The first-order chi connectivity index (χ1) is 6.29. The Morgan fingerprint density at radius 2 is 1.92 bits per heavy atom. The van der Waals surface area contributed by atoms with Gasteiger partial charge in [-0.15, -0.1) is 0 Å². The zero-order chi connectivity index (χ0) is 9.52. The normalized spacial score (nSPS) is 13.3. The smallest absolute Gasteiger partial charge is 0.156 e. The molecule has 0 saturated heterocycles. The first kappa shape index (κ1) is 10.2. The van der Waals surface area contributed by atoms with Crippen LogP contribution in [0.25, 0.3) is 0 Å². The average Bonchev–Trinajstić information content (AvgIpc) is 2.14. The van der Waals surface area contributed by atoms with E-state index >= 15 is 0 Å². The minimum Gasteiger partial charge on any atom is -0.306 e. The molecular formula is C10H12O2S. The quantitative estimate of drug-likeness (QED) is 0.591. The molecule has 0 aromatic heterocycles. The molecule has 0 radical (unpaired) electrons. The molecule has 0 bridgehead atoms. The van der Waals surface area contributed by atoms with Crippen LogP contribution in [0.4, 0.5) is 0 Å². The van der Waals surface area contributed by atoms with E-state index in [1.807, 2.05) is 36.4 Å². The largest absolute Gasteiger partial charge is 0.306 e. The van der Waals surface area contributed by atoms with Gasteiger partial charge >= 0.3 is 0 Å². The summed E-state index contributed by atoms with van der Waals surface area (Å²) in [5, 5.41) is 0. The second kappa shape index (κ2) is 5.67. The second-order valence-electron chi connectivity index (χ2n) is 2.65. The second-order valence-corrected chi connectivity index (χ2v) is 3.63.